The normalized spacial score (nSPS) is 13.2. The van der Waals surface area contributed by atoms with Crippen LogP contribution in [0.3, 0.4) is 0 Å². The van der Waals surface area contributed by atoms with E-state index in [0.29, 0.717) is 18.0 Å². The smallest absolute Gasteiger partial charge is 0.416 e. The lowest BCUT2D eigenvalue weighted by molar-refractivity contribution is -0.137. The Labute approximate surface area is 157 Å². The second-order valence-corrected chi connectivity index (χ2v) is 5.96. The van der Waals surface area contributed by atoms with Gasteiger partial charge >= 0.3 is 6.18 Å². The number of carbonyl (C=O) groups is 1. The van der Waals surface area contributed by atoms with Gasteiger partial charge in [0.05, 0.1) is 22.5 Å². The summed E-state index contributed by atoms with van der Waals surface area (Å²) in [6, 6.07) is 9.49. The van der Waals surface area contributed by atoms with E-state index in [2.05, 4.69) is 10.4 Å². The number of halogens is 3. The zero-order chi connectivity index (χ0) is 19.7. The van der Waals surface area contributed by atoms with Crippen LogP contribution in [0.15, 0.2) is 54.9 Å². The minimum absolute atomic E-state index is 0.0298. The van der Waals surface area contributed by atoms with Crippen LogP contribution < -0.4 is 14.8 Å². The van der Waals surface area contributed by atoms with Gasteiger partial charge in [-0.1, -0.05) is 6.07 Å². The number of ether oxygens (including phenoxy) is 2. The number of carbonyl (C=O) groups excluding carboxylic acids is 1. The minimum atomic E-state index is -4.55. The van der Waals surface area contributed by atoms with E-state index in [1.54, 1.807) is 24.4 Å². The highest BCUT2D eigenvalue weighted by molar-refractivity contribution is 6.07. The van der Waals surface area contributed by atoms with Crippen LogP contribution in [-0.2, 0) is 6.18 Å². The lowest BCUT2D eigenvalue weighted by Gasteiger charge is -2.21. The van der Waals surface area contributed by atoms with Crippen molar-refractivity contribution in [2.75, 3.05) is 18.5 Å². The lowest BCUT2D eigenvalue weighted by Crippen LogP contribution is -2.21. The molecule has 0 spiro atoms. The van der Waals surface area contributed by atoms with Crippen LogP contribution in [0.4, 0.5) is 18.9 Å². The molecule has 9 heteroatoms. The molecule has 0 atom stereocenters. The molecule has 0 unspecified atom stereocenters. The molecule has 1 amide bonds. The first-order chi connectivity index (χ1) is 13.4. The molecule has 0 fully saturated rings. The van der Waals surface area contributed by atoms with Crippen molar-refractivity contribution in [2.45, 2.75) is 6.18 Å². The Bertz CT molecular complexity index is 1020. The highest BCUT2D eigenvalue weighted by atomic mass is 19.4. The summed E-state index contributed by atoms with van der Waals surface area (Å²) in [5.74, 6) is 0.0594. The van der Waals surface area contributed by atoms with Crippen LogP contribution in [-0.4, -0.2) is 28.9 Å². The summed E-state index contributed by atoms with van der Waals surface area (Å²) in [6.07, 6.45) is -1.49. The Morgan fingerprint density at radius 1 is 1.11 bits per heavy atom. The van der Waals surface area contributed by atoms with Crippen molar-refractivity contribution in [3.8, 4) is 17.2 Å². The van der Waals surface area contributed by atoms with E-state index in [4.69, 9.17) is 9.47 Å². The van der Waals surface area contributed by atoms with Gasteiger partial charge in [-0.2, -0.15) is 18.3 Å². The van der Waals surface area contributed by atoms with Crippen LogP contribution in [0.25, 0.3) is 5.69 Å². The molecule has 28 heavy (non-hydrogen) atoms. The van der Waals surface area contributed by atoms with E-state index in [0.717, 1.165) is 12.1 Å². The standard InChI is InChI=1S/C19H14F3N3O3/c20-19(21,22)12-5-6-15(25-8-2-7-23-25)14(11-12)24-18(26)13-3-1-4-16-17(13)28-10-9-27-16/h1-8,11H,9-10H2,(H,24,26). The highest BCUT2D eigenvalue weighted by Gasteiger charge is 2.31. The van der Waals surface area contributed by atoms with E-state index in [-0.39, 0.29) is 23.6 Å². The molecule has 1 aliphatic rings. The number of amides is 1. The number of hydrogen-bond donors (Lipinski definition) is 1. The molecule has 0 aliphatic carbocycles. The monoisotopic (exact) mass is 389 g/mol. The molecule has 0 radical (unpaired) electrons. The van der Waals surface area contributed by atoms with Gasteiger partial charge in [0.15, 0.2) is 11.5 Å². The molecule has 0 bridgehead atoms. The van der Waals surface area contributed by atoms with Crippen LogP contribution in [0.2, 0.25) is 0 Å². The van der Waals surface area contributed by atoms with Gasteiger partial charge in [0.1, 0.15) is 13.2 Å². The molecular weight excluding hydrogens is 375 g/mol. The quantitative estimate of drug-likeness (QED) is 0.738. The van der Waals surface area contributed by atoms with Gasteiger partial charge in [0, 0.05) is 12.4 Å². The fraction of sp³-hybridized carbons (Fsp3) is 0.158. The number of nitrogens with one attached hydrogen (secondary N) is 1. The van der Waals surface area contributed by atoms with Crippen LogP contribution in [0, 0.1) is 0 Å². The maximum atomic E-state index is 13.2. The summed E-state index contributed by atoms with van der Waals surface area (Å²) in [5.41, 5.74) is -0.444. The molecule has 144 valence electrons. The topological polar surface area (TPSA) is 65.4 Å². The molecule has 6 nitrogen and oxygen atoms in total. The maximum absolute atomic E-state index is 13.2. The van der Waals surface area contributed by atoms with E-state index in [1.807, 2.05) is 0 Å². The van der Waals surface area contributed by atoms with E-state index in [1.165, 1.54) is 23.0 Å². The van der Waals surface area contributed by atoms with Gasteiger partial charge in [0.25, 0.3) is 5.91 Å². The molecule has 0 saturated carbocycles. The summed E-state index contributed by atoms with van der Waals surface area (Å²) in [5, 5.41) is 6.57. The summed E-state index contributed by atoms with van der Waals surface area (Å²) < 4.78 is 51.8. The van der Waals surface area contributed by atoms with E-state index < -0.39 is 17.6 Å². The van der Waals surface area contributed by atoms with E-state index in [9.17, 15) is 18.0 Å². The van der Waals surface area contributed by atoms with Crippen molar-refractivity contribution in [3.63, 3.8) is 0 Å². The van der Waals surface area contributed by atoms with Crippen molar-refractivity contribution in [2.24, 2.45) is 0 Å². The summed E-state index contributed by atoms with van der Waals surface area (Å²) in [4.78, 5) is 12.8. The first kappa shape index (κ1) is 17.9. The number of rotatable bonds is 3. The first-order valence-corrected chi connectivity index (χ1v) is 8.35. The Balaban J connectivity index is 1.73. The molecule has 3 aromatic rings. The Kier molecular flexibility index (Phi) is 4.42. The fourth-order valence-electron chi connectivity index (χ4n) is 2.87. The van der Waals surface area contributed by atoms with Crippen LogP contribution >= 0.6 is 0 Å². The van der Waals surface area contributed by atoms with Crippen molar-refractivity contribution >= 4 is 11.6 Å². The van der Waals surface area contributed by atoms with Crippen molar-refractivity contribution < 1.29 is 27.4 Å². The Morgan fingerprint density at radius 3 is 2.68 bits per heavy atom. The minimum Gasteiger partial charge on any atom is -0.486 e. The highest BCUT2D eigenvalue weighted by Crippen LogP contribution is 2.36. The van der Waals surface area contributed by atoms with Crippen molar-refractivity contribution in [3.05, 3.63) is 66.0 Å². The fourth-order valence-corrected chi connectivity index (χ4v) is 2.87. The third-order valence-corrected chi connectivity index (χ3v) is 4.13. The number of anilines is 1. The number of fused-ring (bicyclic) bond motifs is 1. The maximum Gasteiger partial charge on any atom is 0.416 e. The second-order valence-electron chi connectivity index (χ2n) is 5.96. The number of nitrogens with zero attached hydrogens (tertiary/aromatic N) is 2. The molecule has 1 aliphatic heterocycles. The van der Waals surface area contributed by atoms with Gasteiger partial charge in [-0.3, -0.25) is 4.79 Å². The van der Waals surface area contributed by atoms with Gasteiger partial charge in [0.2, 0.25) is 0 Å². The zero-order valence-electron chi connectivity index (χ0n) is 14.4. The van der Waals surface area contributed by atoms with Crippen molar-refractivity contribution in [1.29, 1.82) is 0 Å². The number of benzene rings is 2. The van der Waals surface area contributed by atoms with Crippen LogP contribution in [0.1, 0.15) is 15.9 Å². The SMILES string of the molecule is O=C(Nc1cc(C(F)(F)F)ccc1-n1cccn1)c1cccc2c1OCCO2. The molecule has 2 aromatic carbocycles. The van der Waals surface area contributed by atoms with Crippen molar-refractivity contribution in [1.82, 2.24) is 9.78 Å². The Hall–Kier alpha value is -3.49. The lowest BCUT2D eigenvalue weighted by atomic mass is 10.1. The molecule has 1 N–H and O–H groups in total. The predicted octanol–water partition coefficient (Wildman–Crippen LogP) is 3.91. The molecular formula is C19H14F3N3O3. The van der Waals surface area contributed by atoms with Gasteiger partial charge in [-0.05, 0) is 36.4 Å². The van der Waals surface area contributed by atoms with Crippen LogP contribution in [0.5, 0.6) is 11.5 Å². The number of alkyl halides is 3. The van der Waals surface area contributed by atoms with Gasteiger partial charge in [-0.25, -0.2) is 4.68 Å². The van der Waals surface area contributed by atoms with Gasteiger partial charge in [-0.15, -0.1) is 0 Å². The second kappa shape index (κ2) is 6.91. The number of aromatic nitrogens is 2. The molecule has 4 rings (SSSR count). The summed E-state index contributed by atoms with van der Waals surface area (Å²) in [7, 11) is 0. The predicted molar refractivity (Wildman–Crippen MR) is 94.0 cm³/mol. The molecule has 2 heterocycles. The zero-order valence-corrected chi connectivity index (χ0v) is 14.4. The van der Waals surface area contributed by atoms with E-state index >= 15 is 0 Å². The number of para-hydroxylation sites is 1. The summed E-state index contributed by atoms with van der Waals surface area (Å²) >= 11 is 0. The number of hydrogen-bond acceptors (Lipinski definition) is 4. The average Bonchev–Trinajstić information content (AvgIpc) is 3.21. The first-order valence-electron chi connectivity index (χ1n) is 8.35. The Morgan fingerprint density at radius 2 is 1.93 bits per heavy atom. The summed E-state index contributed by atoms with van der Waals surface area (Å²) in [6.45, 7) is 0.633. The molecule has 1 aromatic heterocycles. The van der Waals surface area contributed by atoms with Gasteiger partial charge < -0.3 is 14.8 Å². The third kappa shape index (κ3) is 3.38. The average molecular weight is 389 g/mol. The molecule has 0 saturated heterocycles. The third-order valence-electron chi connectivity index (χ3n) is 4.13. The largest absolute Gasteiger partial charge is 0.486 e.